The topological polar surface area (TPSA) is 44.5 Å². The van der Waals surface area contributed by atoms with Crippen LogP contribution in [0.5, 0.6) is 11.5 Å². The Morgan fingerprint density at radius 1 is 1.21 bits per heavy atom. The molecule has 2 aliphatic rings. The molecule has 0 radical (unpaired) electrons. The molecule has 0 saturated heterocycles. The SMILES string of the molecule is COc1ccc2c(c1)OC(C1CCCCC1)C[C@@H]2N. The molecule has 3 heteroatoms. The zero-order valence-corrected chi connectivity index (χ0v) is 11.6. The van der Waals surface area contributed by atoms with E-state index in [1.807, 2.05) is 18.2 Å². The second kappa shape index (κ2) is 5.41. The van der Waals surface area contributed by atoms with Gasteiger partial charge in [0.1, 0.15) is 17.6 Å². The summed E-state index contributed by atoms with van der Waals surface area (Å²) in [5.74, 6) is 2.45. The molecule has 1 saturated carbocycles. The van der Waals surface area contributed by atoms with E-state index in [9.17, 15) is 0 Å². The van der Waals surface area contributed by atoms with Gasteiger partial charge in [0, 0.05) is 24.1 Å². The molecule has 0 spiro atoms. The van der Waals surface area contributed by atoms with Crippen LogP contribution >= 0.6 is 0 Å². The molecule has 1 fully saturated rings. The maximum Gasteiger partial charge on any atom is 0.128 e. The van der Waals surface area contributed by atoms with E-state index in [0.29, 0.717) is 5.92 Å². The summed E-state index contributed by atoms with van der Waals surface area (Å²) in [6.07, 6.45) is 7.86. The molecule has 19 heavy (non-hydrogen) atoms. The zero-order chi connectivity index (χ0) is 13.2. The number of rotatable bonds is 2. The summed E-state index contributed by atoms with van der Waals surface area (Å²) < 4.78 is 11.5. The van der Waals surface area contributed by atoms with Crippen LogP contribution in [0.3, 0.4) is 0 Å². The Kier molecular flexibility index (Phi) is 3.65. The Labute approximate surface area is 115 Å². The quantitative estimate of drug-likeness (QED) is 0.887. The predicted octanol–water partition coefficient (Wildman–Crippen LogP) is 3.43. The first-order chi connectivity index (χ1) is 9.28. The zero-order valence-electron chi connectivity index (χ0n) is 11.6. The molecule has 3 rings (SSSR count). The Bertz CT molecular complexity index is 440. The fourth-order valence-corrected chi connectivity index (χ4v) is 3.43. The monoisotopic (exact) mass is 261 g/mol. The largest absolute Gasteiger partial charge is 0.497 e. The van der Waals surface area contributed by atoms with Crippen molar-refractivity contribution in [2.45, 2.75) is 50.7 Å². The third kappa shape index (κ3) is 2.57. The minimum Gasteiger partial charge on any atom is -0.497 e. The third-order valence-electron chi connectivity index (χ3n) is 4.56. The van der Waals surface area contributed by atoms with Crippen LogP contribution in [-0.4, -0.2) is 13.2 Å². The molecule has 1 aliphatic carbocycles. The minimum absolute atomic E-state index is 0.0987. The highest BCUT2D eigenvalue weighted by molar-refractivity contribution is 5.43. The van der Waals surface area contributed by atoms with E-state index in [0.717, 1.165) is 23.5 Å². The molecular weight excluding hydrogens is 238 g/mol. The number of hydrogen-bond donors (Lipinski definition) is 1. The van der Waals surface area contributed by atoms with Gasteiger partial charge in [-0.15, -0.1) is 0 Å². The third-order valence-corrected chi connectivity index (χ3v) is 4.56. The van der Waals surface area contributed by atoms with Gasteiger partial charge < -0.3 is 15.2 Å². The molecule has 0 aromatic heterocycles. The van der Waals surface area contributed by atoms with Crippen molar-refractivity contribution in [3.05, 3.63) is 23.8 Å². The van der Waals surface area contributed by atoms with Crippen molar-refractivity contribution in [1.82, 2.24) is 0 Å². The normalized spacial score (nSPS) is 27.5. The van der Waals surface area contributed by atoms with Crippen LogP contribution in [0.4, 0.5) is 0 Å². The van der Waals surface area contributed by atoms with Crippen molar-refractivity contribution in [3.63, 3.8) is 0 Å². The van der Waals surface area contributed by atoms with E-state index in [1.165, 1.54) is 32.1 Å². The van der Waals surface area contributed by atoms with Gasteiger partial charge in [0.2, 0.25) is 0 Å². The maximum atomic E-state index is 6.31. The second-order valence-corrected chi connectivity index (χ2v) is 5.80. The average Bonchev–Trinajstić information content (AvgIpc) is 2.47. The second-order valence-electron chi connectivity index (χ2n) is 5.80. The van der Waals surface area contributed by atoms with Gasteiger partial charge in [-0.05, 0) is 24.8 Å². The molecule has 1 aromatic carbocycles. The number of ether oxygens (including phenoxy) is 2. The van der Waals surface area contributed by atoms with Gasteiger partial charge in [-0.2, -0.15) is 0 Å². The summed E-state index contributed by atoms with van der Waals surface area (Å²) in [5.41, 5.74) is 7.43. The van der Waals surface area contributed by atoms with Gasteiger partial charge in [-0.3, -0.25) is 0 Å². The highest BCUT2D eigenvalue weighted by Gasteiger charge is 2.32. The first-order valence-corrected chi connectivity index (χ1v) is 7.38. The first kappa shape index (κ1) is 12.8. The van der Waals surface area contributed by atoms with E-state index >= 15 is 0 Å². The van der Waals surface area contributed by atoms with E-state index < -0.39 is 0 Å². The number of hydrogen-bond acceptors (Lipinski definition) is 3. The number of methoxy groups -OCH3 is 1. The van der Waals surface area contributed by atoms with Gasteiger partial charge in [-0.1, -0.05) is 25.3 Å². The standard InChI is InChI=1S/C16H23NO2/c1-18-12-7-8-13-14(17)10-15(19-16(13)9-12)11-5-3-2-4-6-11/h7-9,11,14-15H,2-6,10,17H2,1H3/t14-,15?/m0/s1. The number of fused-ring (bicyclic) bond motifs is 1. The van der Waals surface area contributed by atoms with Crippen molar-refractivity contribution in [2.75, 3.05) is 7.11 Å². The number of nitrogens with two attached hydrogens (primary N) is 1. The van der Waals surface area contributed by atoms with Crippen LogP contribution in [0, 0.1) is 5.92 Å². The van der Waals surface area contributed by atoms with Gasteiger partial charge in [0.15, 0.2) is 0 Å². The molecule has 2 N–H and O–H groups in total. The predicted molar refractivity (Wildman–Crippen MR) is 75.5 cm³/mol. The van der Waals surface area contributed by atoms with E-state index in [-0.39, 0.29) is 12.1 Å². The van der Waals surface area contributed by atoms with Crippen LogP contribution in [0.2, 0.25) is 0 Å². The van der Waals surface area contributed by atoms with Crippen molar-refractivity contribution in [2.24, 2.45) is 11.7 Å². The average molecular weight is 261 g/mol. The minimum atomic E-state index is 0.0987. The Hall–Kier alpha value is -1.22. The maximum absolute atomic E-state index is 6.31. The van der Waals surface area contributed by atoms with Gasteiger partial charge in [0.25, 0.3) is 0 Å². The molecule has 104 valence electrons. The van der Waals surface area contributed by atoms with Gasteiger partial charge >= 0.3 is 0 Å². The lowest BCUT2D eigenvalue weighted by Crippen LogP contribution is -2.36. The first-order valence-electron chi connectivity index (χ1n) is 7.38. The molecular formula is C16H23NO2. The summed E-state index contributed by atoms with van der Waals surface area (Å²) >= 11 is 0. The molecule has 0 bridgehead atoms. The fourth-order valence-electron chi connectivity index (χ4n) is 3.43. The molecule has 3 nitrogen and oxygen atoms in total. The lowest BCUT2D eigenvalue weighted by molar-refractivity contribution is 0.0781. The summed E-state index contributed by atoms with van der Waals surface area (Å²) in [6, 6.07) is 6.07. The molecule has 1 heterocycles. The smallest absolute Gasteiger partial charge is 0.128 e. The van der Waals surface area contributed by atoms with Crippen LogP contribution in [0.1, 0.15) is 50.1 Å². The van der Waals surface area contributed by atoms with Crippen molar-refractivity contribution >= 4 is 0 Å². The van der Waals surface area contributed by atoms with Crippen LogP contribution in [-0.2, 0) is 0 Å². The molecule has 1 unspecified atom stereocenters. The number of benzene rings is 1. The van der Waals surface area contributed by atoms with Crippen molar-refractivity contribution < 1.29 is 9.47 Å². The van der Waals surface area contributed by atoms with Crippen molar-refractivity contribution in [3.8, 4) is 11.5 Å². The highest BCUT2D eigenvalue weighted by atomic mass is 16.5. The summed E-state index contributed by atoms with van der Waals surface area (Å²) in [6.45, 7) is 0. The van der Waals surface area contributed by atoms with Crippen LogP contribution in [0.15, 0.2) is 18.2 Å². The van der Waals surface area contributed by atoms with Crippen LogP contribution in [0.25, 0.3) is 0 Å². The Morgan fingerprint density at radius 3 is 2.74 bits per heavy atom. The van der Waals surface area contributed by atoms with Gasteiger partial charge in [0.05, 0.1) is 7.11 Å². The van der Waals surface area contributed by atoms with E-state index in [2.05, 4.69) is 0 Å². The van der Waals surface area contributed by atoms with Crippen LogP contribution < -0.4 is 15.2 Å². The molecule has 2 atom stereocenters. The van der Waals surface area contributed by atoms with Crippen molar-refractivity contribution in [1.29, 1.82) is 0 Å². The molecule has 1 aliphatic heterocycles. The summed E-state index contributed by atoms with van der Waals surface area (Å²) in [4.78, 5) is 0. The molecule has 1 aromatic rings. The van der Waals surface area contributed by atoms with E-state index in [1.54, 1.807) is 7.11 Å². The Morgan fingerprint density at radius 2 is 2.00 bits per heavy atom. The fraction of sp³-hybridized carbons (Fsp3) is 0.625. The lowest BCUT2D eigenvalue weighted by Gasteiger charge is -2.36. The molecule has 0 amide bonds. The Balaban J connectivity index is 1.81. The highest BCUT2D eigenvalue weighted by Crippen LogP contribution is 2.40. The van der Waals surface area contributed by atoms with E-state index in [4.69, 9.17) is 15.2 Å². The summed E-state index contributed by atoms with van der Waals surface area (Å²) in [7, 11) is 1.68. The van der Waals surface area contributed by atoms with Gasteiger partial charge in [-0.25, -0.2) is 0 Å². The summed E-state index contributed by atoms with van der Waals surface area (Å²) in [5, 5.41) is 0. The lowest BCUT2D eigenvalue weighted by atomic mass is 9.81.